The maximum Gasteiger partial charge on any atom is 0.328 e. The maximum absolute atomic E-state index is 14.2. The number of benzene rings is 2. The molecule has 73 heavy (non-hydrogen) atoms. The first-order valence-electron chi connectivity index (χ1n) is 24.1. The topological polar surface area (TPSA) is 172 Å². The van der Waals surface area contributed by atoms with Crippen LogP contribution in [0.1, 0.15) is 56.7 Å². The summed E-state index contributed by atoms with van der Waals surface area (Å²) < 4.78 is 5.60. The molecule has 0 spiro atoms. The molecule has 7 aromatic heterocycles. The first kappa shape index (κ1) is 49.1. The summed E-state index contributed by atoms with van der Waals surface area (Å²) in [5, 5.41) is 15.4. The lowest BCUT2D eigenvalue weighted by Crippen LogP contribution is -2.43. The van der Waals surface area contributed by atoms with Gasteiger partial charge in [-0.1, -0.05) is 60.7 Å². The number of amides is 1. The first-order chi connectivity index (χ1) is 35.8. The Hall–Kier alpha value is -8.85. The second kappa shape index (κ2) is 24.3. The van der Waals surface area contributed by atoms with E-state index in [-0.39, 0.29) is 18.8 Å². The van der Waals surface area contributed by atoms with E-state index in [4.69, 9.17) is 9.72 Å². The van der Waals surface area contributed by atoms with Crippen molar-refractivity contribution in [1.29, 1.82) is 0 Å². The lowest BCUT2D eigenvalue weighted by molar-refractivity contribution is -0.145. The summed E-state index contributed by atoms with van der Waals surface area (Å²) >= 11 is 0. The summed E-state index contributed by atoms with van der Waals surface area (Å²) in [6.45, 7) is 4.37. The Morgan fingerprint density at radius 3 is 1.32 bits per heavy atom. The van der Waals surface area contributed by atoms with Crippen molar-refractivity contribution in [1.82, 2.24) is 50.0 Å². The van der Waals surface area contributed by atoms with Gasteiger partial charge >= 0.3 is 5.97 Å². The summed E-state index contributed by atoms with van der Waals surface area (Å²) in [5.41, 5.74) is 10.3. The molecule has 9 aromatic rings. The number of aromatic nitrogens is 7. The summed E-state index contributed by atoms with van der Waals surface area (Å²) in [6, 6.07) is 48.5. The Balaban J connectivity index is 1.03. The van der Waals surface area contributed by atoms with Crippen LogP contribution in [0.4, 0.5) is 0 Å². The second-order valence-electron chi connectivity index (χ2n) is 17.5. The predicted molar refractivity (Wildman–Crippen MR) is 279 cm³/mol. The Morgan fingerprint density at radius 1 is 0.507 bits per heavy atom. The van der Waals surface area contributed by atoms with Crippen molar-refractivity contribution in [3.05, 3.63) is 240 Å². The van der Waals surface area contributed by atoms with E-state index in [1.807, 2.05) is 146 Å². The predicted octanol–water partition coefficient (Wildman–Crippen LogP) is 9.47. The number of ether oxygens (including phenoxy) is 1. The van der Waals surface area contributed by atoms with E-state index in [1.54, 1.807) is 56.2 Å². The molecule has 364 valence electrons. The van der Waals surface area contributed by atoms with Crippen LogP contribution in [0.25, 0.3) is 33.9 Å². The number of pyridine rings is 7. The average Bonchev–Trinajstić information content (AvgIpc) is 3.43. The molecule has 1 unspecified atom stereocenters. The van der Waals surface area contributed by atoms with E-state index in [9.17, 15) is 14.7 Å². The van der Waals surface area contributed by atoms with Gasteiger partial charge in [-0.15, -0.1) is 0 Å². The Morgan fingerprint density at radius 2 is 0.932 bits per heavy atom. The van der Waals surface area contributed by atoms with Crippen molar-refractivity contribution in [2.75, 3.05) is 6.61 Å². The van der Waals surface area contributed by atoms with Crippen molar-refractivity contribution in [3.63, 3.8) is 0 Å². The molecule has 1 atom stereocenters. The second-order valence-corrected chi connectivity index (χ2v) is 17.5. The van der Waals surface area contributed by atoms with Gasteiger partial charge in [0.1, 0.15) is 11.8 Å². The summed E-state index contributed by atoms with van der Waals surface area (Å²) in [4.78, 5) is 64.9. The number of hydrogen-bond acceptors (Lipinski definition) is 13. The third-order valence-corrected chi connectivity index (χ3v) is 12.0. The van der Waals surface area contributed by atoms with Crippen molar-refractivity contribution in [2.45, 2.75) is 58.7 Å². The zero-order chi connectivity index (χ0) is 50.2. The van der Waals surface area contributed by atoms with E-state index in [1.165, 1.54) is 0 Å². The Kier molecular flexibility index (Phi) is 16.4. The van der Waals surface area contributed by atoms with Gasteiger partial charge in [-0.2, -0.15) is 0 Å². The highest BCUT2D eigenvalue weighted by atomic mass is 16.5. The lowest BCUT2D eigenvalue weighted by atomic mass is 9.97. The van der Waals surface area contributed by atoms with Gasteiger partial charge in [0, 0.05) is 99.6 Å². The molecular formula is C59H54N10O4. The highest BCUT2D eigenvalue weighted by Crippen LogP contribution is 2.32. The molecule has 0 radical (unpaired) electrons. The SMILES string of the molecule is CCOC(=O)C(Cc1cc(CN(Cc2ccccn2)Cc2ccccn2)c(O)c(CN(Cc2ccccn2)Cc2ccccn2)c1)NC(=O)c1ccc(-c2cc(-c3ccccn3)nc(-c3ccccn3)c2)cc1. The molecule has 0 aliphatic rings. The lowest BCUT2D eigenvalue weighted by Gasteiger charge is -2.26. The van der Waals surface area contributed by atoms with Crippen LogP contribution < -0.4 is 5.32 Å². The minimum atomic E-state index is -1.07. The van der Waals surface area contributed by atoms with Crippen molar-refractivity contribution in [3.8, 4) is 39.7 Å². The van der Waals surface area contributed by atoms with Crippen LogP contribution in [0.15, 0.2) is 195 Å². The monoisotopic (exact) mass is 966 g/mol. The molecule has 0 aliphatic carbocycles. The van der Waals surface area contributed by atoms with Gasteiger partial charge < -0.3 is 15.2 Å². The fourth-order valence-electron chi connectivity index (χ4n) is 8.61. The molecule has 0 aliphatic heterocycles. The van der Waals surface area contributed by atoms with Crippen LogP contribution in [0.5, 0.6) is 5.75 Å². The zero-order valence-corrected chi connectivity index (χ0v) is 40.4. The zero-order valence-electron chi connectivity index (χ0n) is 40.4. The molecule has 7 heterocycles. The number of hydrogen-bond donors (Lipinski definition) is 2. The van der Waals surface area contributed by atoms with Gasteiger partial charge in [-0.05, 0) is 121 Å². The molecule has 0 fully saturated rings. The normalized spacial score (nSPS) is 11.6. The fourth-order valence-corrected chi connectivity index (χ4v) is 8.61. The highest BCUT2D eigenvalue weighted by Gasteiger charge is 2.26. The molecule has 0 bridgehead atoms. The molecule has 2 N–H and O–H groups in total. The van der Waals surface area contributed by atoms with Crippen LogP contribution in [-0.4, -0.2) is 74.3 Å². The number of aromatic hydroxyl groups is 1. The third-order valence-electron chi connectivity index (χ3n) is 12.0. The van der Waals surface area contributed by atoms with Gasteiger partial charge in [-0.3, -0.25) is 44.5 Å². The average molecular weight is 967 g/mol. The van der Waals surface area contributed by atoms with Crippen LogP contribution in [-0.2, 0) is 55.2 Å². The minimum absolute atomic E-state index is 0.0769. The van der Waals surface area contributed by atoms with Gasteiger partial charge in [-0.25, -0.2) is 9.78 Å². The van der Waals surface area contributed by atoms with Crippen LogP contribution >= 0.6 is 0 Å². The third kappa shape index (κ3) is 13.5. The number of nitrogens with one attached hydrogen (secondary N) is 1. The van der Waals surface area contributed by atoms with Gasteiger partial charge in [0.2, 0.25) is 0 Å². The molecular weight excluding hydrogens is 913 g/mol. The van der Waals surface area contributed by atoms with Gasteiger partial charge in [0.15, 0.2) is 0 Å². The van der Waals surface area contributed by atoms with Gasteiger partial charge in [0.25, 0.3) is 5.91 Å². The molecule has 0 saturated heterocycles. The summed E-state index contributed by atoms with van der Waals surface area (Å²) in [6.07, 6.45) is 10.6. The molecule has 14 heteroatoms. The number of nitrogens with zero attached hydrogens (tertiary/aromatic N) is 9. The first-order valence-corrected chi connectivity index (χ1v) is 24.1. The van der Waals surface area contributed by atoms with E-state index >= 15 is 0 Å². The highest BCUT2D eigenvalue weighted by molar-refractivity contribution is 5.97. The number of carbonyl (C=O) groups is 2. The van der Waals surface area contributed by atoms with Crippen LogP contribution in [0.2, 0.25) is 0 Å². The number of phenols is 1. The van der Waals surface area contributed by atoms with E-state index in [2.05, 4.69) is 45.0 Å². The number of esters is 1. The number of carbonyl (C=O) groups excluding carboxylic acids is 2. The van der Waals surface area contributed by atoms with E-state index < -0.39 is 17.9 Å². The van der Waals surface area contributed by atoms with E-state index in [0.29, 0.717) is 84.3 Å². The van der Waals surface area contributed by atoms with Crippen LogP contribution in [0, 0.1) is 0 Å². The quantitative estimate of drug-likeness (QED) is 0.0653. The number of phenolic OH excluding ortho intramolecular Hbond substituents is 1. The van der Waals surface area contributed by atoms with Gasteiger partial charge in [0.05, 0.1) is 52.2 Å². The largest absolute Gasteiger partial charge is 0.507 e. The summed E-state index contributed by atoms with van der Waals surface area (Å²) in [5.74, 6) is -0.910. The Bertz CT molecular complexity index is 2940. The fraction of sp³-hybridized carbons (Fsp3) is 0.169. The maximum atomic E-state index is 14.2. The van der Waals surface area contributed by atoms with Crippen molar-refractivity contribution >= 4 is 11.9 Å². The standard InChI is InChI=1S/C59H54N10O4/c1-2-73-59(72)56(67-58(71)44-23-21-43(22-24-44)45-34-54(52-19-7-13-29-64-52)66-55(35-45)53-20-8-14-30-65-53)33-42-31-46(36-68(38-48-15-3-9-25-60-48)39-49-16-4-10-26-61-49)57(70)47(32-42)37-69(40-50-17-5-11-27-62-50)41-51-18-6-12-28-63-51/h3-32,34-35,56,70H,2,33,36-41H2,1H3,(H,67,71). The molecule has 0 saturated carbocycles. The van der Waals surface area contributed by atoms with Crippen molar-refractivity contribution < 1.29 is 19.4 Å². The summed E-state index contributed by atoms with van der Waals surface area (Å²) in [7, 11) is 0. The Labute approximate surface area is 424 Å². The van der Waals surface area contributed by atoms with E-state index in [0.717, 1.165) is 33.9 Å². The minimum Gasteiger partial charge on any atom is -0.507 e. The molecule has 14 nitrogen and oxygen atoms in total. The molecule has 1 amide bonds. The number of rotatable bonds is 21. The van der Waals surface area contributed by atoms with Crippen LogP contribution in [0.3, 0.4) is 0 Å². The molecule has 2 aromatic carbocycles. The molecule has 9 rings (SSSR count). The smallest absolute Gasteiger partial charge is 0.328 e. The van der Waals surface area contributed by atoms with Crippen molar-refractivity contribution in [2.24, 2.45) is 0 Å².